The molecule has 1 aliphatic rings. The Balaban J connectivity index is 2.36. The van der Waals surface area contributed by atoms with Crippen molar-refractivity contribution in [2.45, 2.75) is 71.5 Å². The molecule has 2 aromatic rings. The molecule has 0 saturated carbocycles. The summed E-state index contributed by atoms with van der Waals surface area (Å²) >= 11 is 0. The highest BCUT2D eigenvalue weighted by Gasteiger charge is 2.41. The largest absolute Gasteiger partial charge is 0.543 e. The summed E-state index contributed by atoms with van der Waals surface area (Å²) in [5.74, 6) is 2.95. The quantitative estimate of drug-likeness (QED) is 0.498. The highest BCUT2D eigenvalue weighted by molar-refractivity contribution is 6.74. The topological polar surface area (TPSA) is 27.7 Å². The molecule has 1 aliphatic carbocycles. The van der Waals surface area contributed by atoms with E-state index < -0.39 is 8.32 Å². The zero-order valence-corrected chi connectivity index (χ0v) is 20.4. The second-order valence-electron chi connectivity index (χ2n) is 9.59. The normalized spacial score (nSPS) is 14.3. The Morgan fingerprint density at radius 1 is 0.862 bits per heavy atom. The zero-order chi connectivity index (χ0) is 21.4. The van der Waals surface area contributed by atoms with E-state index in [1.54, 1.807) is 14.2 Å². The van der Waals surface area contributed by atoms with Gasteiger partial charge in [0, 0.05) is 27.8 Å². The average molecular weight is 413 g/mol. The smallest absolute Gasteiger partial charge is 0.250 e. The first kappa shape index (κ1) is 21.8. The minimum Gasteiger partial charge on any atom is -0.543 e. The molecule has 0 unspecified atom stereocenters. The molecule has 2 aromatic carbocycles. The first-order chi connectivity index (χ1) is 13.6. The van der Waals surface area contributed by atoms with Gasteiger partial charge in [0.2, 0.25) is 0 Å². The first-order valence-corrected chi connectivity index (χ1v) is 13.6. The molecule has 0 saturated heterocycles. The van der Waals surface area contributed by atoms with E-state index in [9.17, 15) is 0 Å². The Hall–Kier alpha value is -1.94. The van der Waals surface area contributed by atoms with Gasteiger partial charge in [0.25, 0.3) is 8.32 Å². The molecule has 29 heavy (non-hydrogen) atoms. The summed E-state index contributed by atoms with van der Waals surface area (Å²) < 4.78 is 18.7. The van der Waals surface area contributed by atoms with Gasteiger partial charge >= 0.3 is 0 Å². The van der Waals surface area contributed by atoms with Crippen molar-refractivity contribution in [3.05, 3.63) is 41.0 Å². The molecule has 0 fully saturated rings. The molecule has 0 bridgehead atoms. The molecule has 0 N–H and O–H groups in total. The first-order valence-electron chi connectivity index (χ1n) is 10.7. The van der Waals surface area contributed by atoms with Crippen LogP contribution >= 0.6 is 0 Å². The van der Waals surface area contributed by atoms with Crippen molar-refractivity contribution in [2.24, 2.45) is 0 Å². The molecule has 3 nitrogen and oxygen atoms in total. The van der Waals surface area contributed by atoms with Gasteiger partial charge in [-0.3, -0.25) is 0 Å². The SMILES string of the molecule is COc1ccccc1-c1c(C)c(OC)c2c(c1O[Si](C)(C)C(C)(C)C)CCCC2. The van der Waals surface area contributed by atoms with Gasteiger partial charge in [-0.25, -0.2) is 0 Å². The molecule has 0 spiro atoms. The molecule has 0 aliphatic heterocycles. The molecule has 4 heteroatoms. The predicted octanol–water partition coefficient (Wildman–Crippen LogP) is 6.94. The number of fused-ring (bicyclic) bond motifs is 1. The number of benzene rings is 2. The highest BCUT2D eigenvalue weighted by atomic mass is 28.4. The summed E-state index contributed by atoms with van der Waals surface area (Å²) in [5, 5.41) is 0.125. The van der Waals surface area contributed by atoms with Crippen molar-refractivity contribution in [1.82, 2.24) is 0 Å². The summed E-state index contributed by atoms with van der Waals surface area (Å²) in [5.41, 5.74) is 6.03. The van der Waals surface area contributed by atoms with Crippen LogP contribution in [0.1, 0.15) is 50.3 Å². The predicted molar refractivity (Wildman–Crippen MR) is 124 cm³/mol. The maximum absolute atomic E-state index is 7.06. The third kappa shape index (κ3) is 3.92. The monoisotopic (exact) mass is 412 g/mol. The van der Waals surface area contributed by atoms with Crippen molar-refractivity contribution in [3.63, 3.8) is 0 Å². The number of ether oxygens (including phenoxy) is 2. The minimum atomic E-state index is -2.03. The van der Waals surface area contributed by atoms with Crippen molar-refractivity contribution in [1.29, 1.82) is 0 Å². The van der Waals surface area contributed by atoms with E-state index in [-0.39, 0.29) is 5.04 Å². The number of methoxy groups -OCH3 is 2. The number of hydrogen-bond donors (Lipinski definition) is 0. The number of hydrogen-bond acceptors (Lipinski definition) is 3. The maximum Gasteiger partial charge on any atom is 0.250 e. The number of rotatable bonds is 5. The van der Waals surface area contributed by atoms with Gasteiger partial charge in [0.05, 0.1) is 14.2 Å². The molecule has 158 valence electrons. The van der Waals surface area contributed by atoms with Crippen LogP contribution < -0.4 is 13.9 Å². The summed E-state index contributed by atoms with van der Waals surface area (Å²) in [4.78, 5) is 0. The summed E-state index contributed by atoms with van der Waals surface area (Å²) in [6.07, 6.45) is 4.49. The fraction of sp³-hybridized carbons (Fsp3) is 0.520. The van der Waals surface area contributed by atoms with E-state index in [0.29, 0.717) is 0 Å². The van der Waals surface area contributed by atoms with Crippen molar-refractivity contribution in [2.75, 3.05) is 14.2 Å². The van der Waals surface area contributed by atoms with E-state index in [0.717, 1.165) is 46.8 Å². The van der Waals surface area contributed by atoms with Gasteiger partial charge in [-0.2, -0.15) is 0 Å². The van der Waals surface area contributed by atoms with Crippen LogP contribution in [0.4, 0.5) is 0 Å². The van der Waals surface area contributed by atoms with Crippen LogP contribution in [0.3, 0.4) is 0 Å². The van der Waals surface area contributed by atoms with Crippen LogP contribution in [0, 0.1) is 6.92 Å². The fourth-order valence-corrected chi connectivity index (χ4v) is 5.08. The minimum absolute atomic E-state index is 0.125. The molecule has 3 rings (SSSR count). The van der Waals surface area contributed by atoms with E-state index in [1.165, 1.54) is 24.0 Å². The summed E-state index contributed by atoms with van der Waals surface area (Å²) in [6, 6.07) is 8.24. The lowest BCUT2D eigenvalue weighted by molar-refractivity contribution is 0.399. The Morgan fingerprint density at radius 3 is 2.00 bits per heavy atom. The molecule has 0 heterocycles. The van der Waals surface area contributed by atoms with Crippen molar-refractivity contribution >= 4 is 8.32 Å². The molecular weight excluding hydrogens is 376 g/mol. The average Bonchev–Trinajstić information content (AvgIpc) is 2.67. The standard InChI is InChI=1S/C25H36O3Si/c1-17-22(20-15-11-12-16-21(20)26-5)24(28-29(7,8)25(2,3)4)19-14-10-9-13-18(19)23(17)27-6/h11-12,15-16H,9-10,13-14H2,1-8H3. The molecular formula is C25H36O3Si. The Kier molecular flexibility index (Phi) is 6.05. The Bertz CT molecular complexity index is 894. The van der Waals surface area contributed by atoms with Crippen molar-refractivity contribution < 1.29 is 13.9 Å². The molecule has 0 atom stereocenters. The lowest BCUT2D eigenvalue weighted by Crippen LogP contribution is -2.44. The van der Waals surface area contributed by atoms with Crippen LogP contribution in [-0.2, 0) is 12.8 Å². The van der Waals surface area contributed by atoms with Crippen LogP contribution in [0.15, 0.2) is 24.3 Å². The van der Waals surface area contributed by atoms with Crippen molar-refractivity contribution in [3.8, 4) is 28.4 Å². The third-order valence-electron chi connectivity index (χ3n) is 6.70. The number of para-hydroxylation sites is 1. The summed E-state index contributed by atoms with van der Waals surface area (Å²) in [6.45, 7) is 13.7. The van der Waals surface area contributed by atoms with E-state index in [1.807, 2.05) is 12.1 Å². The van der Waals surface area contributed by atoms with Crippen LogP contribution in [-0.4, -0.2) is 22.5 Å². The molecule has 0 radical (unpaired) electrons. The van der Waals surface area contributed by atoms with Crippen LogP contribution in [0.25, 0.3) is 11.1 Å². The second-order valence-corrected chi connectivity index (χ2v) is 14.3. The van der Waals surface area contributed by atoms with Gasteiger partial charge in [-0.05, 0) is 56.8 Å². The van der Waals surface area contributed by atoms with Crippen LogP contribution in [0.5, 0.6) is 17.2 Å². The Labute approximate surface area is 177 Å². The van der Waals surface area contributed by atoms with E-state index >= 15 is 0 Å². The third-order valence-corrected chi connectivity index (χ3v) is 11.0. The Morgan fingerprint density at radius 2 is 1.45 bits per heavy atom. The van der Waals surface area contributed by atoms with Gasteiger partial charge in [0.1, 0.15) is 17.2 Å². The second kappa shape index (κ2) is 8.06. The van der Waals surface area contributed by atoms with Gasteiger partial charge < -0.3 is 13.9 Å². The molecule has 0 amide bonds. The van der Waals surface area contributed by atoms with Gasteiger partial charge in [-0.15, -0.1) is 0 Å². The zero-order valence-electron chi connectivity index (χ0n) is 19.4. The maximum atomic E-state index is 7.06. The lowest BCUT2D eigenvalue weighted by Gasteiger charge is -2.39. The van der Waals surface area contributed by atoms with Gasteiger partial charge in [-0.1, -0.05) is 39.0 Å². The van der Waals surface area contributed by atoms with Gasteiger partial charge in [0.15, 0.2) is 0 Å². The molecule has 0 aromatic heterocycles. The lowest BCUT2D eigenvalue weighted by atomic mass is 9.84. The highest BCUT2D eigenvalue weighted by Crippen LogP contribution is 2.51. The fourth-order valence-electron chi connectivity index (χ4n) is 4.04. The van der Waals surface area contributed by atoms with Crippen LogP contribution in [0.2, 0.25) is 18.1 Å². The summed E-state index contributed by atoms with van der Waals surface area (Å²) in [7, 11) is 1.49. The van der Waals surface area contributed by atoms with E-state index in [2.05, 4.69) is 52.9 Å². The van der Waals surface area contributed by atoms with E-state index in [4.69, 9.17) is 13.9 Å².